The summed E-state index contributed by atoms with van der Waals surface area (Å²) in [6, 6.07) is 8.70. The number of halogens is 2. The molecule has 26 heavy (non-hydrogen) atoms. The first kappa shape index (κ1) is 19.0. The van der Waals surface area contributed by atoms with E-state index in [0.717, 1.165) is 35.9 Å². The van der Waals surface area contributed by atoms with Crippen LogP contribution >= 0.6 is 23.4 Å². The number of rotatable bonds is 3. The number of aliphatic imine (C=N–C) groups is 1. The Balaban J connectivity index is 1.83. The van der Waals surface area contributed by atoms with Crippen LogP contribution in [0.25, 0.3) is 0 Å². The second-order valence-corrected chi connectivity index (χ2v) is 7.64. The first-order chi connectivity index (χ1) is 12.5. The second kappa shape index (κ2) is 7.84. The summed E-state index contributed by atoms with van der Waals surface area (Å²) in [5.41, 5.74) is 1.41. The lowest BCUT2D eigenvalue weighted by atomic mass is 9.82. The summed E-state index contributed by atoms with van der Waals surface area (Å²) in [5, 5.41) is 1.13. The first-order valence-electron chi connectivity index (χ1n) is 8.29. The van der Waals surface area contributed by atoms with Crippen LogP contribution < -0.4 is 4.74 Å². The average molecular weight is 394 g/mol. The molecule has 138 valence electrons. The number of thioether (sulfide) groups is 1. The maximum Gasteiger partial charge on any atom is 0.213 e. The van der Waals surface area contributed by atoms with Crippen molar-refractivity contribution in [3.05, 3.63) is 52.9 Å². The molecule has 1 aliphatic heterocycles. The smallest absolute Gasteiger partial charge is 0.213 e. The molecule has 1 fully saturated rings. The number of pyridine rings is 1. The summed E-state index contributed by atoms with van der Waals surface area (Å²) in [6.07, 6.45) is 4.57. The van der Waals surface area contributed by atoms with Crippen LogP contribution in [0.15, 0.2) is 41.5 Å². The van der Waals surface area contributed by atoms with Gasteiger partial charge < -0.3 is 9.64 Å². The zero-order chi connectivity index (χ0) is 18.7. The Labute approximate surface area is 162 Å². The van der Waals surface area contributed by atoms with Crippen LogP contribution in [-0.2, 0) is 5.41 Å². The van der Waals surface area contributed by atoms with E-state index in [1.165, 1.54) is 6.07 Å². The third-order valence-electron chi connectivity index (χ3n) is 4.68. The summed E-state index contributed by atoms with van der Waals surface area (Å²) in [6.45, 7) is 3.70. The summed E-state index contributed by atoms with van der Waals surface area (Å²) in [5.74, 6) is 0.191. The summed E-state index contributed by atoms with van der Waals surface area (Å²) in [7, 11) is 1.58. The zero-order valence-corrected chi connectivity index (χ0v) is 16.6. The van der Waals surface area contributed by atoms with E-state index in [1.807, 2.05) is 18.4 Å². The molecular weight excluding hydrogens is 373 g/mol. The minimum absolute atomic E-state index is 0.214. The standard InChI is InChI=1S/C19H21ClFN3OS/c1-19(14-5-4-6-15(21)17(14)20)9-10-24(12-19)18(26-3)23-13-7-8-16(25-2)22-11-13/h4-8,11H,9-10,12H2,1-3H3/b23-18+. The van der Waals surface area contributed by atoms with Crippen LogP contribution in [0.5, 0.6) is 5.88 Å². The van der Waals surface area contributed by atoms with Gasteiger partial charge in [-0.15, -0.1) is 0 Å². The van der Waals surface area contributed by atoms with E-state index in [4.69, 9.17) is 21.3 Å². The number of hydrogen-bond donors (Lipinski definition) is 0. The molecule has 1 atom stereocenters. The van der Waals surface area contributed by atoms with E-state index < -0.39 is 0 Å². The molecule has 0 aliphatic carbocycles. The first-order valence-corrected chi connectivity index (χ1v) is 9.89. The number of hydrogen-bond acceptors (Lipinski definition) is 4. The van der Waals surface area contributed by atoms with Gasteiger partial charge in [0.05, 0.1) is 24.0 Å². The second-order valence-electron chi connectivity index (χ2n) is 6.49. The van der Waals surface area contributed by atoms with Crippen molar-refractivity contribution in [2.45, 2.75) is 18.8 Å². The Morgan fingerprint density at radius 1 is 1.38 bits per heavy atom. The van der Waals surface area contributed by atoms with Gasteiger partial charge in [0, 0.05) is 24.6 Å². The maximum atomic E-state index is 13.9. The topological polar surface area (TPSA) is 37.7 Å². The number of nitrogens with zero attached hydrogens (tertiary/aromatic N) is 3. The van der Waals surface area contributed by atoms with Crippen molar-refractivity contribution in [2.24, 2.45) is 4.99 Å². The van der Waals surface area contributed by atoms with Gasteiger partial charge in [-0.1, -0.05) is 42.4 Å². The summed E-state index contributed by atoms with van der Waals surface area (Å²) >= 11 is 7.82. The molecule has 1 saturated heterocycles. The molecule has 3 rings (SSSR count). The van der Waals surface area contributed by atoms with E-state index >= 15 is 0 Å². The third-order valence-corrected chi connectivity index (χ3v) is 5.78. The van der Waals surface area contributed by atoms with Crippen molar-refractivity contribution in [1.82, 2.24) is 9.88 Å². The van der Waals surface area contributed by atoms with Crippen molar-refractivity contribution >= 4 is 34.2 Å². The fourth-order valence-electron chi connectivity index (χ4n) is 3.23. The molecule has 0 spiro atoms. The van der Waals surface area contributed by atoms with Crippen LogP contribution in [0.3, 0.4) is 0 Å². The van der Waals surface area contributed by atoms with Gasteiger partial charge in [0.25, 0.3) is 0 Å². The Kier molecular flexibility index (Phi) is 5.73. The minimum Gasteiger partial charge on any atom is -0.481 e. The number of ether oxygens (including phenoxy) is 1. The van der Waals surface area contributed by atoms with Crippen molar-refractivity contribution in [1.29, 1.82) is 0 Å². The summed E-state index contributed by atoms with van der Waals surface area (Å²) in [4.78, 5) is 11.1. The Hall–Kier alpha value is -1.79. The van der Waals surface area contributed by atoms with Gasteiger partial charge in [-0.25, -0.2) is 14.4 Å². The molecule has 1 aromatic heterocycles. The van der Waals surface area contributed by atoms with Gasteiger partial charge in [-0.2, -0.15) is 0 Å². The number of amidine groups is 1. The van der Waals surface area contributed by atoms with Crippen molar-refractivity contribution in [2.75, 3.05) is 26.5 Å². The molecule has 4 nitrogen and oxygen atoms in total. The fourth-order valence-corrected chi connectivity index (χ4v) is 4.19. The van der Waals surface area contributed by atoms with E-state index in [1.54, 1.807) is 37.2 Å². The van der Waals surface area contributed by atoms with Gasteiger partial charge in [-0.05, 0) is 30.4 Å². The lowest BCUT2D eigenvalue weighted by molar-refractivity contribution is 0.398. The van der Waals surface area contributed by atoms with Crippen LogP contribution in [0, 0.1) is 5.82 Å². The van der Waals surface area contributed by atoms with E-state index in [2.05, 4.69) is 16.8 Å². The van der Waals surface area contributed by atoms with Gasteiger partial charge in [0.1, 0.15) is 5.82 Å². The number of likely N-dealkylation sites (tertiary alicyclic amines) is 1. The molecule has 2 aromatic rings. The van der Waals surface area contributed by atoms with E-state index in [9.17, 15) is 4.39 Å². The molecular formula is C19H21ClFN3OS. The molecule has 1 aromatic carbocycles. The highest BCUT2D eigenvalue weighted by molar-refractivity contribution is 8.13. The highest BCUT2D eigenvalue weighted by Gasteiger charge is 2.38. The van der Waals surface area contributed by atoms with Crippen molar-refractivity contribution in [3.63, 3.8) is 0 Å². The molecule has 2 heterocycles. The molecule has 0 radical (unpaired) electrons. The molecule has 1 unspecified atom stereocenters. The molecule has 0 amide bonds. The predicted octanol–water partition coefficient (Wildman–Crippen LogP) is 4.90. The fraction of sp³-hybridized carbons (Fsp3) is 0.368. The lowest BCUT2D eigenvalue weighted by Gasteiger charge is -2.27. The number of benzene rings is 1. The van der Waals surface area contributed by atoms with Crippen LogP contribution in [0.2, 0.25) is 5.02 Å². The predicted molar refractivity (Wildman–Crippen MR) is 106 cm³/mol. The van der Waals surface area contributed by atoms with Gasteiger partial charge >= 0.3 is 0 Å². The molecule has 0 N–H and O–H groups in total. The van der Waals surface area contributed by atoms with E-state index in [0.29, 0.717) is 5.88 Å². The lowest BCUT2D eigenvalue weighted by Crippen LogP contribution is -2.31. The summed E-state index contributed by atoms with van der Waals surface area (Å²) < 4.78 is 19.0. The van der Waals surface area contributed by atoms with Gasteiger partial charge in [0.15, 0.2) is 5.17 Å². The van der Waals surface area contributed by atoms with Crippen LogP contribution in [-0.4, -0.2) is 41.5 Å². The zero-order valence-electron chi connectivity index (χ0n) is 15.0. The van der Waals surface area contributed by atoms with Crippen molar-refractivity contribution in [3.8, 4) is 5.88 Å². The monoisotopic (exact) mass is 393 g/mol. The highest BCUT2D eigenvalue weighted by atomic mass is 35.5. The number of aromatic nitrogens is 1. The van der Waals surface area contributed by atoms with E-state index in [-0.39, 0.29) is 16.3 Å². The third kappa shape index (κ3) is 3.81. The largest absolute Gasteiger partial charge is 0.481 e. The highest BCUT2D eigenvalue weighted by Crippen LogP contribution is 2.39. The average Bonchev–Trinajstić information content (AvgIpc) is 3.05. The Morgan fingerprint density at radius 2 is 2.19 bits per heavy atom. The van der Waals surface area contributed by atoms with Crippen molar-refractivity contribution < 1.29 is 9.13 Å². The minimum atomic E-state index is -0.369. The normalized spacial score (nSPS) is 20.5. The van der Waals surface area contributed by atoms with Crippen LogP contribution in [0.4, 0.5) is 10.1 Å². The van der Waals surface area contributed by atoms with Gasteiger partial charge in [-0.3, -0.25) is 0 Å². The Bertz CT molecular complexity index is 815. The van der Waals surface area contributed by atoms with Crippen LogP contribution in [0.1, 0.15) is 18.9 Å². The quantitative estimate of drug-likeness (QED) is 0.549. The molecule has 7 heteroatoms. The maximum absolute atomic E-state index is 13.9. The molecule has 1 aliphatic rings. The number of methoxy groups -OCH3 is 1. The SMILES string of the molecule is COc1ccc(/N=C(/SC)N2CCC(C)(c3cccc(F)c3Cl)C2)cn1. The molecule has 0 saturated carbocycles. The molecule has 0 bridgehead atoms. The Morgan fingerprint density at radius 3 is 2.85 bits per heavy atom. The van der Waals surface area contributed by atoms with Gasteiger partial charge in [0.2, 0.25) is 5.88 Å².